The Kier molecular flexibility index (Phi) is 4.60. The van der Waals surface area contributed by atoms with Crippen molar-refractivity contribution in [1.29, 1.82) is 5.26 Å². The van der Waals surface area contributed by atoms with Gasteiger partial charge in [0.05, 0.1) is 17.6 Å². The van der Waals surface area contributed by atoms with E-state index in [0.717, 1.165) is 5.69 Å². The topological polar surface area (TPSA) is 82.2 Å². The number of para-hydroxylation sites is 1. The molecule has 0 radical (unpaired) electrons. The van der Waals surface area contributed by atoms with Gasteiger partial charge in [-0.15, -0.1) is 0 Å². The molecule has 2 aromatic carbocycles. The minimum absolute atomic E-state index is 0.0120. The molecule has 138 valence electrons. The number of nitriles is 1. The van der Waals surface area contributed by atoms with Crippen LogP contribution in [0.5, 0.6) is 0 Å². The summed E-state index contributed by atoms with van der Waals surface area (Å²) in [6, 6.07) is 16.3. The largest absolute Gasteiger partial charge is 0.328 e. The molecular formula is C21H17N5O2. The molecule has 1 aliphatic rings. The van der Waals surface area contributed by atoms with Gasteiger partial charge < -0.3 is 14.4 Å². The monoisotopic (exact) mass is 371 g/mol. The average Bonchev–Trinajstić information content (AvgIpc) is 3.28. The Morgan fingerprint density at radius 1 is 1.07 bits per heavy atom. The van der Waals surface area contributed by atoms with Crippen molar-refractivity contribution in [1.82, 2.24) is 14.5 Å². The fourth-order valence-electron chi connectivity index (χ4n) is 3.28. The lowest BCUT2D eigenvalue weighted by Crippen LogP contribution is -2.52. The molecule has 2 heterocycles. The SMILES string of the molecule is N#Cc1ccccc1N1CCN(C(=O)c2ccc(-n3ccnc3)cc2)CC1=O. The normalized spacial score (nSPS) is 14.0. The van der Waals surface area contributed by atoms with E-state index >= 15 is 0 Å². The van der Waals surface area contributed by atoms with Crippen LogP contribution in [0.3, 0.4) is 0 Å². The summed E-state index contributed by atoms with van der Waals surface area (Å²) in [6.07, 6.45) is 5.20. The minimum Gasteiger partial charge on any atom is -0.328 e. The summed E-state index contributed by atoms with van der Waals surface area (Å²) in [4.78, 5) is 32.5. The number of piperazine rings is 1. The summed E-state index contributed by atoms with van der Waals surface area (Å²) < 4.78 is 1.85. The van der Waals surface area contributed by atoms with Gasteiger partial charge in [0.25, 0.3) is 5.91 Å². The molecule has 0 atom stereocenters. The van der Waals surface area contributed by atoms with Crippen LogP contribution in [0.2, 0.25) is 0 Å². The standard InChI is InChI=1S/C21H17N5O2/c22-13-17-3-1-2-4-19(17)26-12-11-24(14-20(26)27)21(28)16-5-7-18(8-6-16)25-10-9-23-15-25/h1-10,15H,11-12,14H2. The number of carbonyl (C=O) groups excluding carboxylic acids is 2. The van der Waals surface area contributed by atoms with Gasteiger partial charge in [0.15, 0.2) is 0 Å². The number of rotatable bonds is 3. The van der Waals surface area contributed by atoms with Crippen LogP contribution in [-0.4, -0.2) is 45.9 Å². The number of anilines is 1. The molecule has 0 bridgehead atoms. The van der Waals surface area contributed by atoms with Crippen molar-refractivity contribution in [2.24, 2.45) is 0 Å². The predicted octanol–water partition coefficient (Wildman–Crippen LogP) is 2.23. The summed E-state index contributed by atoms with van der Waals surface area (Å²) in [5.41, 5.74) is 2.48. The Bertz CT molecular complexity index is 1050. The third kappa shape index (κ3) is 3.23. The molecule has 0 aliphatic carbocycles. The molecule has 1 saturated heterocycles. The first kappa shape index (κ1) is 17.5. The molecule has 7 nitrogen and oxygen atoms in total. The first-order valence-electron chi connectivity index (χ1n) is 8.84. The second-order valence-electron chi connectivity index (χ2n) is 6.42. The zero-order chi connectivity index (χ0) is 19.5. The van der Waals surface area contributed by atoms with Crippen molar-refractivity contribution in [3.8, 4) is 11.8 Å². The van der Waals surface area contributed by atoms with Crippen LogP contribution in [-0.2, 0) is 4.79 Å². The lowest BCUT2D eigenvalue weighted by atomic mass is 10.1. The van der Waals surface area contributed by atoms with Gasteiger partial charge in [-0.3, -0.25) is 9.59 Å². The van der Waals surface area contributed by atoms with Crippen molar-refractivity contribution >= 4 is 17.5 Å². The van der Waals surface area contributed by atoms with E-state index < -0.39 is 0 Å². The van der Waals surface area contributed by atoms with Gasteiger partial charge in [-0.05, 0) is 36.4 Å². The van der Waals surface area contributed by atoms with Gasteiger partial charge in [0.1, 0.15) is 12.6 Å². The Balaban J connectivity index is 1.47. The van der Waals surface area contributed by atoms with Crippen LogP contribution < -0.4 is 4.90 Å². The summed E-state index contributed by atoms with van der Waals surface area (Å²) in [5, 5.41) is 9.26. The van der Waals surface area contributed by atoms with Crippen LogP contribution in [0.1, 0.15) is 15.9 Å². The molecule has 28 heavy (non-hydrogen) atoms. The average molecular weight is 371 g/mol. The molecular weight excluding hydrogens is 354 g/mol. The lowest BCUT2D eigenvalue weighted by Gasteiger charge is -2.34. The molecule has 1 aliphatic heterocycles. The molecule has 4 rings (SSSR count). The molecule has 7 heteroatoms. The van der Waals surface area contributed by atoms with E-state index in [-0.39, 0.29) is 18.4 Å². The second-order valence-corrected chi connectivity index (χ2v) is 6.42. The maximum Gasteiger partial charge on any atom is 0.254 e. The molecule has 0 N–H and O–H groups in total. The van der Waals surface area contributed by atoms with Crippen molar-refractivity contribution in [2.75, 3.05) is 24.5 Å². The van der Waals surface area contributed by atoms with E-state index in [1.807, 2.05) is 22.9 Å². The molecule has 1 fully saturated rings. The number of carbonyl (C=O) groups is 2. The zero-order valence-corrected chi connectivity index (χ0v) is 15.0. The van der Waals surface area contributed by atoms with Crippen LogP contribution in [0.25, 0.3) is 5.69 Å². The molecule has 0 spiro atoms. The highest BCUT2D eigenvalue weighted by Crippen LogP contribution is 2.22. The summed E-state index contributed by atoms with van der Waals surface area (Å²) in [5.74, 6) is -0.379. The van der Waals surface area contributed by atoms with E-state index in [1.165, 1.54) is 0 Å². The maximum atomic E-state index is 12.8. The molecule has 2 amide bonds. The van der Waals surface area contributed by atoms with E-state index in [1.54, 1.807) is 58.7 Å². The Labute approximate surface area is 162 Å². The fourth-order valence-corrected chi connectivity index (χ4v) is 3.28. The number of amides is 2. The second kappa shape index (κ2) is 7.37. The number of imidazole rings is 1. The highest BCUT2D eigenvalue weighted by Gasteiger charge is 2.29. The summed E-state index contributed by atoms with van der Waals surface area (Å²) >= 11 is 0. The van der Waals surface area contributed by atoms with Gasteiger partial charge >= 0.3 is 0 Å². The smallest absolute Gasteiger partial charge is 0.254 e. The Morgan fingerprint density at radius 3 is 2.54 bits per heavy atom. The first-order valence-corrected chi connectivity index (χ1v) is 8.84. The number of hydrogen-bond donors (Lipinski definition) is 0. The van der Waals surface area contributed by atoms with Crippen molar-refractivity contribution in [2.45, 2.75) is 0 Å². The molecule has 3 aromatic rings. The van der Waals surface area contributed by atoms with Gasteiger partial charge in [-0.25, -0.2) is 4.98 Å². The lowest BCUT2D eigenvalue weighted by molar-refractivity contribution is -0.120. The zero-order valence-electron chi connectivity index (χ0n) is 15.0. The quantitative estimate of drug-likeness (QED) is 0.707. The third-order valence-corrected chi connectivity index (χ3v) is 4.74. The number of hydrogen-bond acceptors (Lipinski definition) is 4. The van der Waals surface area contributed by atoms with E-state index in [4.69, 9.17) is 0 Å². The number of nitrogens with zero attached hydrogens (tertiary/aromatic N) is 5. The summed E-state index contributed by atoms with van der Waals surface area (Å²) in [6.45, 7) is 0.756. The van der Waals surface area contributed by atoms with E-state index in [0.29, 0.717) is 29.9 Å². The van der Waals surface area contributed by atoms with Gasteiger partial charge in [-0.1, -0.05) is 12.1 Å². The molecule has 0 saturated carbocycles. The molecule has 1 aromatic heterocycles. The fraction of sp³-hybridized carbons (Fsp3) is 0.143. The van der Waals surface area contributed by atoms with E-state index in [2.05, 4.69) is 11.1 Å². The van der Waals surface area contributed by atoms with Crippen LogP contribution in [0.15, 0.2) is 67.3 Å². The van der Waals surface area contributed by atoms with E-state index in [9.17, 15) is 14.9 Å². The number of aromatic nitrogens is 2. The van der Waals surface area contributed by atoms with Gasteiger partial charge in [0.2, 0.25) is 5.91 Å². The van der Waals surface area contributed by atoms with Crippen LogP contribution in [0.4, 0.5) is 5.69 Å². The minimum atomic E-state index is -0.197. The van der Waals surface area contributed by atoms with Crippen LogP contribution in [0, 0.1) is 11.3 Å². The van der Waals surface area contributed by atoms with Crippen molar-refractivity contribution in [3.05, 3.63) is 78.4 Å². The first-order chi connectivity index (χ1) is 13.7. The maximum absolute atomic E-state index is 12.8. The molecule has 0 unspecified atom stereocenters. The highest BCUT2D eigenvalue weighted by molar-refractivity contribution is 6.02. The number of benzene rings is 2. The van der Waals surface area contributed by atoms with Crippen molar-refractivity contribution < 1.29 is 9.59 Å². The predicted molar refractivity (Wildman–Crippen MR) is 103 cm³/mol. The van der Waals surface area contributed by atoms with Gasteiger partial charge in [0, 0.05) is 36.7 Å². The van der Waals surface area contributed by atoms with Crippen LogP contribution >= 0.6 is 0 Å². The van der Waals surface area contributed by atoms with Gasteiger partial charge in [-0.2, -0.15) is 5.26 Å². The third-order valence-electron chi connectivity index (χ3n) is 4.74. The Hall–Kier alpha value is -3.92. The van der Waals surface area contributed by atoms with Crippen molar-refractivity contribution in [3.63, 3.8) is 0 Å². The Morgan fingerprint density at radius 2 is 1.86 bits per heavy atom. The highest BCUT2D eigenvalue weighted by atomic mass is 16.2. The summed E-state index contributed by atoms with van der Waals surface area (Å²) in [7, 11) is 0.